The largest absolute Gasteiger partial charge is 0.466 e. The van der Waals surface area contributed by atoms with Gasteiger partial charge in [-0.25, -0.2) is 0 Å². The number of benzene rings is 1. The maximum Gasteiger partial charge on any atom is 0.307 e. The zero-order chi connectivity index (χ0) is 11.4. The smallest absolute Gasteiger partial charge is 0.307 e. The molecule has 0 fully saturated rings. The Hall–Kier alpha value is -1.35. The molecule has 0 spiro atoms. The molecule has 1 N–H and O–H groups in total. The maximum atomic E-state index is 11.5. The molecule has 0 amide bonds. The van der Waals surface area contributed by atoms with Crippen LogP contribution in [0.15, 0.2) is 24.3 Å². The fourth-order valence-corrected chi connectivity index (χ4v) is 2.16. The van der Waals surface area contributed by atoms with Crippen LogP contribution in [0.1, 0.15) is 30.5 Å². The van der Waals surface area contributed by atoms with Crippen molar-refractivity contribution in [3.63, 3.8) is 0 Å². The van der Waals surface area contributed by atoms with Crippen LogP contribution >= 0.6 is 0 Å². The van der Waals surface area contributed by atoms with E-state index in [1.165, 1.54) is 11.1 Å². The van der Waals surface area contributed by atoms with Gasteiger partial charge in [0.15, 0.2) is 0 Å². The van der Waals surface area contributed by atoms with E-state index < -0.39 is 0 Å². The number of hydrogen-bond acceptors (Lipinski definition) is 3. The molecule has 0 unspecified atom stereocenters. The second kappa shape index (κ2) is 5.12. The lowest BCUT2D eigenvalue weighted by molar-refractivity contribution is -0.143. The van der Waals surface area contributed by atoms with Crippen LogP contribution in [-0.4, -0.2) is 19.1 Å². The number of fused-ring (bicyclic) bond motifs is 1. The first-order valence-electron chi connectivity index (χ1n) is 5.78. The first kappa shape index (κ1) is 11.1. The third-order valence-electron chi connectivity index (χ3n) is 2.89. The Morgan fingerprint density at radius 2 is 2.31 bits per heavy atom. The van der Waals surface area contributed by atoms with Gasteiger partial charge in [0.25, 0.3) is 0 Å². The number of carbonyl (C=O) groups is 1. The molecule has 0 radical (unpaired) electrons. The fourth-order valence-electron chi connectivity index (χ4n) is 2.16. The van der Waals surface area contributed by atoms with Crippen molar-refractivity contribution < 1.29 is 9.53 Å². The second-order valence-electron chi connectivity index (χ2n) is 3.96. The van der Waals surface area contributed by atoms with Crippen molar-refractivity contribution in [2.45, 2.75) is 25.8 Å². The van der Waals surface area contributed by atoms with Crippen LogP contribution in [0.5, 0.6) is 0 Å². The van der Waals surface area contributed by atoms with Crippen LogP contribution in [0.25, 0.3) is 0 Å². The highest BCUT2D eigenvalue weighted by Gasteiger charge is 2.21. The van der Waals surface area contributed by atoms with Gasteiger partial charge >= 0.3 is 5.97 Å². The molecule has 3 heteroatoms. The van der Waals surface area contributed by atoms with Gasteiger partial charge in [0, 0.05) is 6.04 Å². The van der Waals surface area contributed by atoms with E-state index in [2.05, 4.69) is 17.4 Å². The summed E-state index contributed by atoms with van der Waals surface area (Å²) < 4.78 is 4.98. The van der Waals surface area contributed by atoms with E-state index >= 15 is 0 Å². The molecule has 1 aromatic rings. The molecule has 1 aliphatic heterocycles. The van der Waals surface area contributed by atoms with E-state index in [9.17, 15) is 4.79 Å². The van der Waals surface area contributed by atoms with Crippen molar-refractivity contribution in [1.29, 1.82) is 0 Å². The third-order valence-corrected chi connectivity index (χ3v) is 2.89. The average Bonchev–Trinajstić information content (AvgIpc) is 2.30. The Kier molecular flexibility index (Phi) is 3.57. The van der Waals surface area contributed by atoms with E-state index in [4.69, 9.17) is 4.74 Å². The van der Waals surface area contributed by atoms with Gasteiger partial charge in [0.2, 0.25) is 0 Å². The van der Waals surface area contributed by atoms with Gasteiger partial charge in [-0.2, -0.15) is 0 Å². The standard InChI is InChI=1S/C13H17NO2/c1-2-16-13(15)9-12-11-6-4-3-5-10(11)7-8-14-12/h3-6,12,14H,2,7-9H2,1H3/t12-/m0/s1. The molecule has 1 aliphatic rings. The summed E-state index contributed by atoms with van der Waals surface area (Å²) in [4.78, 5) is 11.5. The zero-order valence-corrected chi connectivity index (χ0v) is 9.53. The van der Waals surface area contributed by atoms with Gasteiger partial charge < -0.3 is 10.1 Å². The van der Waals surface area contributed by atoms with Crippen molar-refractivity contribution in [1.82, 2.24) is 5.32 Å². The highest BCUT2D eigenvalue weighted by Crippen LogP contribution is 2.25. The predicted molar refractivity (Wildman–Crippen MR) is 62.1 cm³/mol. The van der Waals surface area contributed by atoms with Crippen LogP contribution in [0.2, 0.25) is 0 Å². The van der Waals surface area contributed by atoms with Gasteiger partial charge in [0.05, 0.1) is 13.0 Å². The maximum absolute atomic E-state index is 11.5. The van der Waals surface area contributed by atoms with Crippen LogP contribution in [0.3, 0.4) is 0 Å². The van der Waals surface area contributed by atoms with Gasteiger partial charge in [0.1, 0.15) is 0 Å². The molecule has 0 saturated heterocycles. The minimum absolute atomic E-state index is 0.115. The zero-order valence-electron chi connectivity index (χ0n) is 9.53. The number of hydrogen-bond donors (Lipinski definition) is 1. The molecular formula is C13H17NO2. The second-order valence-corrected chi connectivity index (χ2v) is 3.96. The fraction of sp³-hybridized carbons (Fsp3) is 0.462. The minimum Gasteiger partial charge on any atom is -0.466 e. The summed E-state index contributed by atoms with van der Waals surface area (Å²) in [6, 6.07) is 8.40. The monoisotopic (exact) mass is 219 g/mol. The summed E-state index contributed by atoms with van der Waals surface area (Å²) >= 11 is 0. The molecule has 86 valence electrons. The van der Waals surface area contributed by atoms with Crippen LogP contribution in [-0.2, 0) is 16.0 Å². The Labute approximate surface area is 95.8 Å². The third kappa shape index (κ3) is 2.42. The van der Waals surface area contributed by atoms with Crippen LogP contribution in [0.4, 0.5) is 0 Å². The van der Waals surface area contributed by atoms with Crippen molar-refractivity contribution in [2.24, 2.45) is 0 Å². The van der Waals surface area contributed by atoms with Gasteiger partial charge in [-0.15, -0.1) is 0 Å². The molecule has 1 aromatic carbocycles. The molecule has 0 saturated carbocycles. The van der Waals surface area contributed by atoms with Gasteiger partial charge in [-0.1, -0.05) is 24.3 Å². The van der Waals surface area contributed by atoms with Crippen molar-refractivity contribution in [3.05, 3.63) is 35.4 Å². The Morgan fingerprint density at radius 3 is 3.12 bits per heavy atom. The van der Waals surface area contributed by atoms with Crippen molar-refractivity contribution >= 4 is 5.97 Å². The van der Waals surface area contributed by atoms with Gasteiger partial charge in [-0.05, 0) is 31.0 Å². The molecule has 0 aromatic heterocycles. The normalized spacial score (nSPS) is 18.9. The lowest BCUT2D eigenvalue weighted by atomic mass is 9.93. The number of rotatable bonds is 3. The van der Waals surface area contributed by atoms with E-state index in [0.717, 1.165) is 13.0 Å². The topological polar surface area (TPSA) is 38.3 Å². The Balaban J connectivity index is 2.10. The lowest BCUT2D eigenvalue weighted by Gasteiger charge is -2.26. The summed E-state index contributed by atoms with van der Waals surface area (Å²) in [5.41, 5.74) is 2.58. The minimum atomic E-state index is -0.128. The highest BCUT2D eigenvalue weighted by atomic mass is 16.5. The summed E-state index contributed by atoms with van der Waals surface area (Å²) in [6.45, 7) is 3.22. The van der Waals surface area contributed by atoms with Crippen LogP contribution < -0.4 is 5.32 Å². The molecule has 1 heterocycles. The molecule has 0 bridgehead atoms. The van der Waals surface area contributed by atoms with E-state index in [0.29, 0.717) is 13.0 Å². The van der Waals surface area contributed by atoms with Crippen molar-refractivity contribution in [3.8, 4) is 0 Å². The molecule has 2 rings (SSSR count). The number of esters is 1. The Morgan fingerprint density at radius 1 is 1.50 bits per heavy atom. The lowest BCUT2D eigenvalue weighted by Crippen LogP contribution is -2.31. The highest BCUT2D eigenvalue weighted by molar-refractivity contribution is 5.70. The number of ether oxygens (including phenoxy) is 1. The SMILES string of the molecule is CCOC(=O)C[C@@H]1NCCc2ccccc21. The number of nitrogens with one attached hydrogen (secondary N) is 1. The quantitative estimate of drug-likeness (QED) is 0.788. The van der Waals surface area contributed by atoms with E-state index in [1.807, 2.05) is 19.1 Å². The molecule has 16 heavy (non-hydrogen) atoms. The van der Waals surface area contributed by atoms with Gasteiger partial charge in [-0.3, -0.25) is 4.79 Å². The molecule has 3 nitrogen and oxygen atoms in total. The van der Waals surface area contributed by atoms with E-state index in [-0.39, 0.29) is 12.0 Å². The first-order chi connectivity index (χ1) is 7.81. The van der Waals surface area contributed by atoms with E-state index in [1.54, 1.807) is 0 Å². The predicted octanol–water partition coefficient (Wildman–Crippen LogP) is 1.83. The molecule has 1 atom stereocenters. The summed E-state index contributed by atoms with van der Waals surface area (Å²) in [7, 11) is 0. The summed E-state index contributed by atoms with van der Waals surface area (Å²) in [5, 5.41) is 3.36. The molecule has 0 aliphatic carbocycles. The average molecular weight is 219 g/mol. The van der Waals surface area contributed by atoms with Crippen LogP contribution in [0, 0.1) is 0 Å². The number of carbonyl (C=O) groups excluding carboxylic acids is 1. The summed E-state index contributed by atoms with van der Waals surface area (Å²) in [6.07, 6.45) is 1.46. The first-order valence-corrected chi connectivity index (χ1v) is 5.78. The summed E-state index contributed by atoms with van der Waals surface area (Å²) in [5.74, 6) is -0.128. The van der Waals surface area contributed by atoms with Crippen molar-refractivity contribution in [2.75, 3.05) is 13.2 Å². The Bertz CT molecular complexity index is 376. The molecular weight excluding hydrogens is 202 g/mol.